The van der Waals surface area contributed by atoms with Crippen LogP contribution in [0.25, 0.3) is 0 Å². The number of ether oxygens (including phenoxy) is 2. The molecule has 1 heterocycles. The number of carbonyl (C=O) groups excluding carboxylic acids is 3. The maximum absolute atomic E-state index is 14.7. The Labute approximate surface area is 193 Å². The Kier molecular flexibility index (Phi) is 6.78. The van der Waals surface area contributed by atoms with Crippen LogP contribution in [0.15, 0.2) is 30.3 Å². The number of Topliss-reactive ketones (excluding diaryl/α,β-unsaturated/α-hetero) is 1. The van der Waals surface area contributed by atoms with Gasteiger partial charge in [-0.1, -0.05) is 11.6 Å². The molecule has 2 aromatic rings. The van der Waals surface area contributed by atoms with Gasteiger partial charge in [0.25, 0.3) is 5.91 Å². The molecular weight excluding hydrogens is 458 g/mol. The highest BCUT2D eigenvalue weighted by Crippen LogP contribution is 2.37. The normalized spacial score (nSPS) is 19.4. The Morgan fingerprint density at radius 2 is 1.94 bits per heavy atom. The molecule has 0 spiro atoms. The van der Waals surface area contributed by atoms with Gasteiger partial charge in [-0.25, -0.2) is 13.6 Å². The first kappa shape index (κ1) is 23.0. The Hall–Kier alpha value is -3.20. The number of benzene rings is 2. The van der Waals surface area contributed by atoms with Crippen molar-refractivity contribution in [1.29, 1.82) is 0 Å². The lowest BCUT2D eigenvalue weighted by atomic mass is 9.96. The van der Waals surface area contributed by atoms with Gasteiger partial charge in [0.1, 0.15) is 23.2 Å². The molecule has 174 valence electrons. The van der Waals surface area contributed by atoms with Crippen molar-refractivity contribution in [3.8, 4) is 5.75 Å². The van der Waals surface area contributed by atoms with E-state index in [1.165, 1.54) is 18.2 Å². The number of ketones is 1. The van der Waals surface area contributed by atoms with Crippen LogP contribution in [0.3, 0.4) is 0 Å². The van der Waals surface area contributed by atoms with Gasteiger partial charge in [0.05, 0.1) is 35.4 Å². The summed E-state index contributed by atoms with van der Waals surface area (Å²) in [7, 11) is 0. The average molecular weight is 479 g/mol. The lowest BCUT2D eigenvalue weighted by Gasteiger charge is -2.28. The van der Waals surface area contributed by atoms with Crippen LogP contribution in [-0.2, 0) is 9.53 Å². The Morgan fingerprint density at radius 3 is 2.67 bits per heavy atom. The zero-order chi connectivity index (χ0) is 23.5. The van der Waals surface area contributed by atoms with Gasteiger partial charge in [-0.15, -0.1) is 0 Å². The maximum Gasteiger partial charge on any atom is 0.407 e. The Morgan fingerprint density at radius 1 is 1.15 bits per heavy atom. The first-order valence-corrected chi connectivity index (χ1v) is 10.9. The maximum atomic E-state index is 14.7. The number of rotatable bonds is 5. The number of hydrogen-bond acceptors (Lipinski definition) is 5. The summed E-state index contributed by atoms with van der Waals surface area (Å²) in [5.41, 5.74) is 0.346. The lowest BCUT2D eigenvalue weighted by Crippen LogP contribution is -2.34. The van der Waals surface area contributed by atoms with Crippen LogP contribution >= 0.6 is 11.6 Å². The third kappa shape index (κ3) is 5.24. The van der Waals surface area contributed by atoms with Gasteiger partial charge in [0, 0.05) is 30.9 Å². The molecule has 1 aliphatic carbocycles. The molecule has 1 aliphatic heterocycles. The first-order chi connectivity index (χ1) is 15.8. The van der Waals surface area contributed by atoms with Crippen molar-refractivity contribution in [2.24, 2.45) is 5.92 Å². The summed E-state index contributed by atoms with van der Waals surface area (Å²) in [5.74, 6) is -1.72. The van der Waals surface area contributed by atoms with Gasteiger partial charge in [-0.3, -0.25) is 9.59 Å². The Bertz CT molecular complexity index is 1110. The van der Waals surface area contributed by atoms with Crippen molar-refractivity contribution >= 4 is 35.1 Å². The second kappa shape index (κ2) is 9.74. The van der Waals surface area contributed by atoms with Crippen molar-refractivity contribution in [2.45, 2.75) is 31.7 Å². The minimum atomic E-state index is -0.764. The molecule has 2 aromatic carbocycles. The van der Waals surface area contributed by atoms with E-state index in [1.807, 2.05) is 0 Å². The second-order valence-corrected chi connectivity index (χ2v) is 8.41. The minimum absolute atomic E-state index is 0.00257. The molecule has 0 radical (unpaired) electrons. The van der Waals surface area contributed by atoms with Crippen LogP contribution in [0, 0.1) is 17.6 Å². The van der Waals surface area contributed by atoms with Crippen LogP contribution in [0.4, 0.5) is 19.3 Å². The number of amides is 2. The fourth-order valence-electron chi connectivity index (χ4n) is 3.99. The molecule has 2 amide bonds. The molecule has 0 saturated heterocycles. The zero-order valence-corrected chi connectivity index (χ0v) is 18.2. The van der Waals surface area contributed by atoms with E-state index in [0.29, 0.717) is 19.3 Å². The van der Waals surface area contributed by atoms with Crippen LogP contribution in [0.5, 0.6) is 5.75 Å². The predicted molar refractivity (Wildman–Crippen MR) is 115 cm³/mol. The molecule has 2 atom stereocenters. The van der Waals surface area contributed by atoms with Crippen LogP contribution in [0.1, 0.15) is 47.6 Å². The number of fused-ring (bicyclic) bond motifs is 1. The number of nitrogens with one attached hydrogen (secondary N) is 2. The molecule has 0 unspecified atom stereocenters. The van der Waals surface area contributed by atoms with Crippen molar-refractivity contribution in [3.63, 3.8) is 0 Å². The molecule has 7 nitrogen and oxygen atoms in total. The third-order valence-corrected chi connectivity index (χ3v) is 5.95. The summed E-state index contributed by atoms with van der Waals surface area (Å²) in [6, 6.07) is 5.33. The van der Waals surface area contributed by atoms with Crippen molar-refractivity contribution in [2.75, 3.05) is 18.5 Å². The van der Waals surface area contributed by atoms with E-state index in [9.17, 15) is 23.2 Å². The smallest absolute Gasteiger partial charge is 0.407 e. The average Bonchev–Trinajstić information content (AvgIpc) is 3.20. The lowest BCUT2D eigenvalue weighted by molar-refractivity contribution is -0.117. The number of alkyl carbamates (subject to hydrolysis) is 1. The number of anilines is 1. The fourth-order valence-corrected chi connectivity index (χ4v) is 4.17. The van der Waals surface area contributed by atoms with E-state index in [0.717, 1.165) is 12.1 Å². The molecule has 2 N–H and O–H groups in total. The molecule has 0 bridgehead atoms. The molecule has 1 fully saturated rings. The predicted octanol–water partition coefficient (Wildman–Crippen LogP) is 4.79. The molecule has 0 aromatic heterocycles. The van der Waals surface area contributed by atoms with Gasteiger partial charge in [0.2, 0.25) is 0 Å². The summed E-state index contributed by atoms with van der Waals surface area (Å²) >= 11 is 5.75. The molecule has 1 saturated carbocycles. The Balaban J connectivity index is 1.48. The molecule has 4 rings (SSSR count). The first-order valence-electron chi connectivity index (χ1n) is 10.5. The van der Waals surface area contributed by atoms with Crippen molar-refractivity contribution < 1.29 is 32.6 Å². The van der Waals surface area contributed by atoms with Gasteiger partial charge < -0.3 is 20.1 Å². The minimum Gasteiger partial charge on any atom is -0.492 e. The van der Waals surface area contributed by atoms with E-state index in [-0.39, 0.29) is 58.9 Å². The van der Waals surface area contributed by atoms with E-state index in [2.05, 4.69) is 10.6 Å². The molecule has 33 heavy (non-hydrogen) atoms. The van der Waals surface area contributed by atoms with E-state index >= 15 is 0 Å². The van der Waals surface area contributed by atoms with Crippen LogP contribution in [-0.4, -0.2) is 31.0 Å². The highest BCUT2D eigenvalue weighted by Gasteiger charge is 2.31. The second-order valence-electron chi connectivity index (χ2n) is 8.00. The molecule has 10 heteroatoms. The highest BCUT2D eigenvalue weighted by molar-refractivity contribution is 6.31. The van der Waals surface area contributed by atoms with Crippen LogP contribution in [0.2, 0.25) is 5.02 Å². The largest absolute Gasteiger partial charge is 0.492 e. The number of halogens is 3. The molecular formula is C23H21ClF2N2O5. The number of hydrogen-bond donors (Lipinski definition) is 2. The molecule has 2 aliphatic rings. The topological polar surface area (TPSA) is 93.7 Å². The van der Waals surface area contributed by atoms with Gasteiger partial charge in [-0.05, 0) is 36.8 Å². The quantitative estimate of drug-likeness (QED) is 0.644. The van der Waals surface area contributed by atoms with Gasteiger partial charge >= 0.3 is 6.09 Å². The SMILES string of the molecule is O=C1CC[C@@H](COC(=O)N[C@H]2CCOc3c(C(=O)Nc4ccc(F)c(Cl)c4)ccc(F)c32)C1. The fraction of sp³-hybridized carbons (Fsp3) is 0.348. The van der Waals surface area contributed by atoms with Crippen LogP contribution < -0.4 is 15.4 Å². The highest BCUT2D eigenvalue weighted by atomic mass is 35.5. The summed E-state index contributed by atoms with van der Waals surface area (Å²) in [6.45, 7) is 0.250. The van der Waals surface area contributed by atoms with E-state index in [1.54, 1.807) is 0 Å². The summed E-state index contributed by atoms with van der Waals surface area (Å²) in [6.07, 6.45) is 1.10. The monoisotopic (exact) mass is 478 g/mol. The van der Waals surface area contributed by atoms with Gasteiger partial charge in [0.15, 0.2) is 0 Å². The zero-order valence-electron chi connectivity index (χ0n) is 17.5. The van der Waals surface area contributed by atoms with Crippen molar-refractivity contribution in [1.82, 2.24) is 5.32 Å². The summed E-state index contributed by atoms with van der Waals surface area (Å²) in [4.78, 5) is 36.5. The standard InChI is InChI=1S/C23H21ClF2N2O5/c24-16-10-13(2-5-17(16)25)27-22(30)15-4-6-18(26)20-19(7-8-32-21(15)20)28-23(31)33-11-12-1-3-14(29)9-12/h2,4-6,10,12,19H,1,3,7-9,11H2,(H,27,30)(H,28,31)/t12-,19+/m1/s1. The van der Waals surface area contributed by atoms with E-state index < -0.39 is 29.7 Å². The van der Waals surface area contributed by atoms with E-state index in [4.69, 9.17) is 21.1 Å². The van der Waals surface area contributed by atoms with Gasteiger partial charge in [-0.2, -0.15) is 0 Å². The van der Waals surface area contributed by atoms with Crippen molar-refractivity contribution in [3.05, 3.63) is 58.1 Å². The summed E-state index contributed by atoms with van der Waals surface area (Å²) < 4.78 is 38.9. The summed E-state index contributed by atoms with van der Waals surface area (Å²) in [5, 5.41) is 5.04. The third-order valence-electron chi connectivity index (χ3n) is 5.66. The number of carbonyl (C=O) groups is 3.